The number of carbonyl (C=O) groups is 2. The quantitative estimate of drug-likeness (QED) is 0.567. The van der Waals surface area contributed by atoms with Crippen LogP contribution >= 0.6 is 11.3 Å². The molecule has 32 heavy (non-hydrogen) atoms. The number of carbonyl (C=O) groups excluding carboxylic acids is 2. The molecule has 0 unspecified atom stereocenters. The highest BCUT2D eigenvalue weighted by atomic mass is 32.1. The maximum Gasteiger partial charge on any atom is 0.357 e. The summed E-state index contributed by atoms with van der Waals surface area (Å²) in [6, 6.07) is 12.1. The van der Waals surface area contributed by atoms with E-state index in [4.69, 9.17) is 4.74 Å². The van der Waals surface area contributed by atoms with Crippen LogP contribution in [0.25, 0.3) is 11.3 Å². The second-order valence-corrected chi connectivity index (χ2v) is 8.46. The van der Waals surface area contributed by atoms with Gasteiger partial charge in [0.1, 0.15) is 0 Å². The second kappa shape index (κ2) is 9.86. The van der Waals surface area contributed by atoms with Crippen molar-refractivity contribution in [2.75, 3.05) is 29.9 Å². The van der Waals surface area contributed by atoms with Crippen molar-refractivity contribution in [1.82, 2.24) is 15.2 Å². The molecule has 166 valence electrons. The zero-order chi connectivity index (χ0) is 22.5. The molecule has 0 atom stereocenters. The van der Waals surface area contributed by atoms with E-state index in [1.54, 1.807) is 12.3 Å². The van der Waals surface area contributed by atoms with Crippen molar-refractivity contribution in [2.45, 2.75) is 26.7 Å². The Hall–Kier alpha value is -3.33. The van der Waals surface area contributed by atoms with Crippen molar-refractivity contribution in [3.05, 3.63) is 53.0 Å². The molecule has 0 aliphatic carbocycles. The third-order valence-corrected chi connectivity index (χ3v) is 6.24. The predicted molar refractivity (Wildman–Crippen MR) is 124 cm³/mol. The number of esters is 1. The molecule has 1 aliphatic heterocycles. The van der Waals surface area contributed by atoms with E-state index in [-0.39, 0.29) is 24.1 Å². The van der Waals surface area contributed by atoms with Crippen molar-refractivity contribution >= 4 is 34.2 Å². The molecule has 0 bridgehead atoms. The van der Waals surface area contributed by atoms with Crippen LogP contribution in [-0.4, -0.2) is 46.8 Å². The van der Waals surface area contributed by atoms with Crippen LogP contribution in [0.5, 0.6) is 0 Å². The van der Waals surface area contributed by atoms with Crippen LogP contribution in [0.3, 0.4) is 0 Å². The first kappa shape index (κ1) is 21.9. The van der Waals surface area contributed by atoms with Gasteiger partial charge in [-0.1, -0.05) is 24.3 Å². The fourth-order valence-corrected chi connectivity index (χ4v) is 4.39. The molecule has 0 spiro atoms. The number of hydrogen-bond acceptors (Lipinski definition) is 8. The zero-order valence-corrected chi connectivity index (χ0v) is 18.9. The minimum atomic E-state index is -0.480. The minimum Gasteiger partial charge on any atom is -0.461 e. The Bertz CT molecular complexity index is 1090. The third-order valence-electron chi connectivity index (χ3n) is 5.48. The number of hydrogen-bond donors (Lipinski definition) is 1. The van der Waals surface area contributed by atoms with Crippen LogP contribution < -0.4 is 10.2 Å². The van der Waals surface area contributed by atoms with E-state index in [1.807, 2.05) is 30.3 Å². The molecule has 1 fully saturated rings. The highest BCUT2D eigenvalue weighted by Gasteiger charge is 2.26. The summed E-state index contributed by atoms with van der Waals surface area (Å²) < 4.78 is 4.93. The number of amides is 1. The number of nitrogens with one attached hydrogen (secondary N) is 1. The van der Waals surface area contributed by atoms with Gasteiger partial charge in [-0.15, -0.1) is 21.5 Å². The Morgan fingerprint density at radius 2 is 1.94 bits per heavy atom. The number of thiazole rings is 1. The minimum absolute atomic E-state index is 0.0737. The number of benzene rings is 1. The van der Waals surface area contributed by atoms with E-state index >= 15 is 0 Å². The number of nitrogens with zero attached hydrogens (tertiary/aromatic N) is 4. The van der Waals surface area contributed by atoms with E-state index in [1.165, 1.54) is 11.3 Å². The lowest BCUT2D eigenvalue weighted by atomic mass is 9.96. The van der Waals surface area contributed by atoms with Gasteiger partial charge in [0.2, 0.25) is 5.91 Å². The van der Waals surface area contributed by atoms with Crippen molar-refractivity contribution in [1.29, 1.82) is 0 Å². The summed E-state index contributed by atoms with van der Waals surface area (Å²) in [6.07, 6.45) is 1.42. The van der Waals surface area contributed by atoms with Crippen molar-refractivity contribution < 1.29 is 14.3 Å². The van der Waals surface area contributed by atoms with Gasteiger partial charge in [-0.2, -0.15) is 0 Å². The normalized spacial score (nSPS) is 14.2. The molecule has 3 heterocycles. The third kappa shape index (κ3) is 4.94. The maximum atomic E-state index is 12.6. The van der Waals surface area contributed by atoms with Crippen LogP contribution in [0, 0.1) is 12.8 Å². The maximum absolute atomic E-state index is 12.6. The Morgan fingerprint density at radius 3 is 2.62 bits per heavy atom. The van der Waals surface area contributed by atoms with Gasteiger partial charge in [0.15, 0.2) is 16.6 Å². The first-order chi connectivity index (χ1) is 15.5. The van der Waals surface area contributed by atoms with Crippen LogP contribution in [0.2, 0.25) is 0 Å². The molecule has 0 radical (unpaired) electrons. The SMILES string of the molecule is CCOC(=O)c1csc(NC(=O)C2CCN(c3ccc(-c4ccccc4C)nn3)CC2)n1. The molecule has 1 saturated heterocycles. The zero-order valence-electron chi connectivity index (χ0n) is 18.1. The average molecular weight is 452 g/mol. The van der Waals surface area contributed by atoms with Crippen LogP contribution in [0.4, 0.5) is 10.9 Å². The summed E-state index contributed by atoms with van der Waals surface area (Å²) in [5, 5.41) is 13.7. The average Bonchev–Trinajstić information content (AvgIpc) is 3.28. The van der Waals surface area contributed by atoms with Crippen LogP contribution in [0.15, 0.2) is 41.8 Å². The molecule has 4 rings (SSSR count). The molecule has 1 N–H and O–H groups in total. The predicted octanol–water partition coefficient (Wildman–Crippen LogP) is 3.94. The van der Waals surface area contributed by atoms with E-state index < -0.39 is 5.97 Å². The monoisotopic (exact) mass is 451 g/mol. The van der Waals surface area contributed by atoms with E-state index in [9.17, 15) is 9.59 Å². The van der Waals surface area contributed by atoms with Gasteiger partial charge in [-0.3, -0.25) is 4.79 Å². The lowest BCUT2D eigenvalue weighted by Gasteiger charge is -2.31. The summed E-state index contributed by atoms with van der Waals surface area (Å²) in [7, 11) is 0. The molecule has 8 nitrogen and oxygen atoms in total. The highest BCUT2D eigenvalue weighted by molar-refractivity contribution is 7.14. The van der Waals surface area contributed by atoms with E-state index in [0.29, 0.717) is 18.0 Å². The second-order valence-electron chi connectivity index (χ2n) is 7.60. The van der Waals surface area contributed by atoms with Crippen molar-refractivity contribution in [2.24, 2.45) is 5.92 Å². The summed E-state index contributed by atoms with van der Waals surface area (Å²) in [5.41, 5.74) is 3.31. The number of aromatic nitrogens is 3. The summed E-state index contributed by atoms with van der Waals surface area (Å²) in [5.74, 6) is 0.156. The van der Waals surface area contributed by atoms with E-state index in [2.05, 4.69) is 38.4 Å². The largest absolute Gasteiger partial charge is 0.461 e. The fourth-order valence-electron chi connectivity index (χ4n) is 3.71. The van der Waals surface area contributed by atoms with Gasteiger partial charge in [-0.05, 0) is 44.4 Å². The molecule has 0 saturated carbocycles. The number of aryl methyl sites for hydroxylation is 1. The Balaban J connectivity index is 1.31. The Morgan fingerprint density at radius 1 is 1.16 bits per heavy atom. The Labute approximate surface area is 190 Å². The molecular weight excluding hydrogens is 426 g/mol. The van der Waals surface area contributed by atoms with Gasteiger partial charge < -0.3 is 15.0 Å². The molecule has 1 amide bonds. The van der Waals surface area contributed by atoms with Gasteiger partial charge in [-0.25, -0.2) is 9.78 Å². The first-order valence-corrected chi connectivity index (χ1v) is 11.5. The van der Waals surface area contributed by atoms with E-state index in [0.717, 1.165) is 35.7 Å². The lowest BCUT2D eigenvalue weighted by Crippen LogP contribution is -2.38. The topological polar surface area (TPSA) is 97.3 Å². The lowest BCUT2D eigenvalue weighted by molar-refractivity contribution is -0.120. The highest BCUT2D eigenvalue weighted by Crippen LogP contribution is 2.26. The molecule has 1 aromatic carbocycles. The fraction of sp³-hybridized carbons (Fsp3) is 0.348. The number of anilines is 2. The molecule has 3 aromatic rings. The standard InChI is InChI=1S/C23H25N5O3S/c1-3-31-22(30)19-14-32-23(24-19)25-21(29)16-10-12-28(13-11-16)20-9-8-18(26-27-20)17-7-5-4-6-15(17)2/h4-9,14,16H,3,10-13H2,1-2H3,(H,24,25,29). The smallest absolute Gasteiger partial charge is 0.357 e. The summed E-state index contributed by atoms with van der Waals surface area (Å²) in [4.78, 5) is 30.7. The van der Waals surface area contributed by atoms with Gasteiger partial charge in [0, 0.05) is 30.0 Å². The number of rotatable bonds is 6. The Kier molecular flexibility index (Phi) is 6.75. The number of piperidine rings is 1. The molecule has 2 aromatic heterocycles. The number of ether oxygens (including phenoxy) is 1. The molecular formula is C23H25N5O3S. The van der Waals surface area contributed by atoms with Crippen LogP contribution in [-0.2, 0) is 9.53 Å². The van der Waals surface area contributed by atoms with Gasteiger partial charge in [0.05, 0.1) is 12.3 Å². The first-order valence-electron chi connectivity index (χ1n) is 10.6. The summed E-state index contributed by atoms with van der Waals surface area (Å²) in [6.45, 7) is 5.54. The van der Waals surface area contributed by atoms with Gasteiger partial charge >= 0.3 is 5.97 Å². The van der Waals surface area contributed by atoms with Crippen LogP contribution in [0.1, 0.15) is 35.8 Å². The van der Waals surface area contributed by atoms with Gasteiger partial charge in [0.25, 0.3) is 0 Å². The molecule has 1 aliphatic rings. The van der Waals surface area contributed by atoms with Crippen molar-refractivity contribution in [3.63, 3.8) is 0 Å². The molecule has 9 heteroatoms. The summed E-state index contributed by atoms with van der Waals surface area (Å²) >= 11 is 1.22. The van der Waals surface area contributed by atoms with Crippen molar-refractivity contribution in [3.8, 4) is 11.3 Å².